The van der Waals surface area contributed by atoms with Gasteiger partial charge in [-0.15, -0.1) is 5.10 Å². The Morgan fingerprint density at radius 1 is 1.24 bits per heavy atom. The molecule has 0 saturated carbocycles. The molecule has 11 heteroatoms. The molecule has 0 saturated heterocycles. The number of carbonyl (C=O) groups is 1. The van der Waals surface area contributed by atoms with Crippen molar-refractivity contribution in [3.8, 4) is 17.1 Å². The molecule has 29 heavy (non-hydrogen) atoms. The van der Waals surface area contributed by atoms with E-state index in [4.69, 9.17) is 16.3 Å². The maximum absolute atomic E-state index is 13.1. The highest BCUT2D eigenvalue weighted by Gasteiger charge is 2.34. The number of amides is 1. The van der Waals surface area contributed by atoms with Gasteiger partial charge in [0.1, 0.15) is 5.75 Å². The van der Waals surface area contributed by atoms with Gasteiger partial charge in [-0.25, -0.2) is 4.98 Å². The number of nitrogens with one attached hydrogen (secondary N) is 2. The molecule has 0 radical (unpaired) electrons. The summed E-state index contributed by atoms with van der Waals surface area (Å²) in [6, 6.07) is 10.4. The lowest BCUT2D eigenvalue weighted by Crippen LogP contribution is -2.18. The van der Waals surface area contributed by atoms with Crippen molar-refractivity contribution >= 4 is 35.0 Å². The lowest BCUT2D eigenvalue weighted by Gasteiger charge is -2.14. The van der Waals surface area contributed by atoms with Crippen LogP contribution in [-0.2, 0) is 11.0 Å². The summed E-state index contributed by atoms with van der Waals surface area (Å²) >= 11 is 6.80. The molecule has 0 aliphatic carbocycles. The molecule has 0 aliphatic heterocycles. The van der Waals surface area contributed by atoms with Gasteiger partial charge in [0.15, 0.2) is 5.82 Å². The minimum Gasteiger partial charge on any atom is -0.497 e. The van der Waals surface area contributed by atoms with Crippen LogP contribution in [0.15, 0.2) is 47.6 Å². The molecule has 2 aromatic carbocycles. The summed E-state index contributed by atoms with van der Waals surface area (Å²) in [5, 5.41) is 9.04. The van der Waals surface area contributed by atoms with Crippen LogP contribution in [0.5, 0.6) is 5.75 Å². The van der Waals surface area contributed by atoms with Gasteiger partial charge in [0.25, 0.3) is 0 Å². The van der Waals surface area contributed by atoms with Crippen molar-refractivity contribution in [3.05, 3.63) is 53.1 Å². The molecular formula is C18H14ClF3N4O2S. The molecule has 1 amide bonds. The van der Waals surface area contributed by atoms with Crippen molar-refractivity contribution in [1.29, 1.82) is 0 Å². The number of hydrogen-bond donors (Lipinski definition) is 2. The number of carbonyl (C=O) groups excluding carboxylic acids is 1. The highest BCUT2D eigenvalue weighted by Crippen LogP contribution is 2.38. The van der Waals surface area contributed by atoms with Crippen molar-refractivity contribution in [2.45, 2.75) is 11.3 Å². The number of thioether (sulfide) groups is 1. The minimum atomic E-state index is -4.64. The molecule has 6 nitrogen and oxygen atoms in total. The summed E-state index contributed by atoms with van der Waals surface area (Å²) in [4.78, 5) is 16.4. The fraction of sp³-hybridized carbons (Fsp3) is 0.167. The maximum atomic E-state index is 13.1. The van der Waals surface area contributed by atoms with Gasteiger partial charge < -0.3 is 10.1 Å². The molecule has 1 aromatic heterocycles. The molecule has 0 aliphatic rings. The Morgan fingerprint density at radius 3 is 2.62 bits per heavy atom. The Morgan fingerprint density at radius 2 is 1.97 bits per heavy atom. The number of halogens is 4. The summed E-state index contributed by atoms with van der Waals surface area (Å²) in [5.41, 5.74) is -0.718. The standard InChI is InChI=1S/C18H14ClF3N4O2S/c1-28-11-7-5-10(6-8-11)16-24-17(26-25-16)29-9-14(27)23-15-12(18(20,21)22)3-2-4-13(15)19/h2-8H,9H2,1H3,(H,23,27)(H,24,25,26). The second-order valence-corrected chi connectivity index (χ2v) is 7.04. The second-order valence-electron chi connectivity index (χ2n) is 5.69. The first-order valence-corrected chi connectivity index (χ1v) is 9.49. The summed E-state index contributed by atoms with van der Waals surface area (Å²) in [5.74, 6) is 0.324. The Bertz CT molecular complexity index is 1010. The zero-order valence-corrected chi connectivity index (χ0v) is 16.5. The molecule has 0 fully saturated rings. The minimum absolute atomic E-state index is 0.192. The third kappa shape index (κ3) is 5.21. The van der Waals surface area contributed by atoms with Crippen molar-refractivity contribution in [1.82, 2.24) is 15.2 Å². The van der Waals surface area contributed by atoms with Gasteiger partial charge in [-0.2, -0.15) is 13.2 Å². The molecule has 3 rings (SSSR count). The van der Waals surface area contributed by atoms with Crippen LogP contribution in [0.3, 0.4) is 0 Å². The number of benzene rings is 2. The first kappa shape index (κ1) is 21.0. The van der Waals surface area contributed by atoms with Crippen LogP contribution in [0.1, 0.15) is 5.56 Å². The topological polar surface area (TPSA) is 79.9 Å². The maximum Gasteiger partial charge on any atom is 0.418 e. The van der Waals surface area contributed by atoms with E-state index in [1.807, 2.05) is 0 Å². The number of methoxy groups -OCH3 is 1. The van der Waals surface area contributed by atoms with E-state index in [9.17, 15) is 18.0 Å². The lowest BCUT2D eigenvalue weighted by molar-refractivity contribution is -0.137. The van der Waals surface area contributed by atoms with Crippen molar-refractivity contribution < 1.29 is 22.7 Å². The smallest absolute Gasteiger partial charge is 0.418 e. The van der Waals surface area contributed by atoms with Crippen LogP contribution >= 0.6 is 23.4 Å². The van der Waals surface area contributed by atoms with E-state index in [1.54, 1.807) is 31.4 Å². The Balaban J connectivity index is 1.64. The van der Waals surface area contributed by atoms with Crippen LogP contribution in [-0.4, -0.2) is 34.0 Å². The Kier molecular flexibility index (Phi) is 6.33. The zero-order chi connectivity index (χ0) is 21.0. The molecular weight excluding hydrogens is 429 g/mol. The monoisotopic (exact) mass is 442 g/mol. The van der Waals surface area contributed by atoms with Crippen LogP contribution in [0.25, 0.3) is 11.4 Å². The summed E-state index contributed by atoms with van der Waals surface area (Å²) in [7, 11) is 1.56. The van der Waals surface area contributed by atoms with E-state index < -0.39 is 23.3 Å². The van der Waals surface area contributed by atoms with E-state index in [1.165, 1.54) is 12.1 Å². The van der Waals surface area contributed by atoms with Crippen LogP contribution in [0.4, 0.5) is 18.9 Å². The van der Waals surface area contributed by atoms with Gasteiger partial charge in [-0.05, 0) is 36.4 Å². The lowest BCUT2D eigenvalue weighted by atomic mass is 10.1. The molecule has 0 spiro atoms. The fourth-order valence-electron chi connectivity index (χ4n) is 2.38. The predicted octanol–water partition coefficient (Wildman–Crippen LogP) is 4.88. The molecule has 0 atom stereocenters. The fourth-order valence-corrected chi connectivity index (χ4v) is 3.20. The molecule has 0 unspecified atom stereocenters. The van der Waals surface area contributed by atoms with E-state index in [-0.39, 0.29) is 15.9 Å². The van der Waals surface area contributed by atoms with Crippen LogP contribution < -0.4 is 10.1 Å². The third-order valence-electron chi connectivity index (χ3n) is 3.74. The van der Waals surface area contributed by atoms with E-state index in [0.717, 1.165) is 23.4 Å². The van der Waals surface area contributed by atoms with E-state index in [2.05, 4.69) is 20.5 Å². The Labute approximate surface area is 172 Å². The number of H-pyrrole nitrogens is 1. The van der Waals surface area contributed by atoms with Crippen LogP contribution in [0.2, 0.25) is 5.02 Å². The summed E-state index contributed by atoms with van der Waals surface area (Å²) in [6.45, 7) is 0. The zero-order valence-electron chi connectivity index (χ0n) is 14.9. The number of anilines is 1. The molecule has 1 heterocycles. The van der Waals surface area contributed by atoms with Gasteiger partial charge in [-0.3, -0.25) is 9.89 Å². The molecule has 2 N–H and O–H groups in total. The largest absolute Gasteiger partial charge is 0.497 e. The number of aromatic amines is 1. The Hall–Kier alpha value is -2.72. The molecule has 0 bridgehead atoms. The number of para-hydroxylation sites is 1. The number of nitrogens with zero attached hydrogens (tertiary/aromatic N) is 2. The summed E-state index contributed by atoms with van der Waals surface area (Å²) < 4.78 is 44.4. The van der Waals surface area contributed by atoms with Gasteiger partial charge in [0.2, 0.25) is 11.1 Å². The highest BCUT2D eigenvalue weighted by atomic mass is 35.5. The van der Waals surface area contributed by atoms with Gasteiger partial charge in [0, 0.05) is 5.56 Å². The summed E-state index contributed by atoms with van der Waals surface area (Å²) in [6.07, 6.45) is -4.64. The average molecular weight is 443 g/mol. The second kappa shape index (κ2) is 8.75. The number of ether oxygens (including phenoxy) is 1. The van der Waals surface area contributed by atoms with Gasteiger partial charge >= 0.3 is 6.18 Å². The average Bonchev–Trinajstić information content (AvgIpc) is 3.16. The van der Waals surface area contributed by atoms with Crippen LogP contribution in [0, 0.1) is 0 Å². The highest BCUT2D eigenvalue weighted by molar-refractivity contribution is 7.99. The number of hydrogen-bond acceptors (Lipinski definition) is 5. The van der Waals surface area contributed by atoms with Crippen molar-refractivity contribution in [3.63, 3.8) is 0 Å². The first-order chi connectivity index (χ1) is 13.8. The van der Waals surface area contributed by atoms with E-state index in [0.29, 0.717) is 11.6 Å². The first-order valence-electron chi connectivity index (χ1n) is 8.13. The third-order valence-corrected chi connectivity index (χ3v) is 4.91. The SMILES string of the molecule is COc1ccc(-c2nc(SCC(=O)Nc3c(Cl)cccc3C(F)(F)F)n[nH]2)cc1. The molecule has 3 aromatic rings. The van der Waals surface area contributed by atoms with Gasteiger partial charge in [0.05, 0.1) is 29.1 Å². The number of alkyl halides is 3. The number of rotatable bonds is 6. The normalized spacial score (nSPS) is 11.3. The van der Waals surface area contributed by atoms with Crippen molar-refractivity contribution in [2.24, 2.45) is 0 Å². The van der Waals surface area contributed by atoms with Gasteiger partial charge in [-0.1, -0.05) is 29.4 Å². The number of aromatic nitrogens is 3. The molecule has 152 valence electrons. The predicted molar refractivity (Wildman–Crippen MR) is 104 cm³/mol. The van der Waals surface area contributed by atoms with Crippen molar-refractivity contribution in [2.75, 3.05) is 18.2 Å². The quantitative estimate of drug-likeness (QED) is 0.532. The van der Waals surface area contributed by atoms with E-state index >= 15 is 0 Å².